The van der Waals surface area contributed by atoms with E-state index < -0.39 is 10.0 Å². The first kappa shape index (κ1) is 21.0. The summed E-state index contributed by atoms with van der Waals surface area (Å²) in [7, 11) is -3.34. The molecule has 0 saturated heterocycles. The van der Waals surface area contributed by atoms with E-state index in [1.165, 1.54) is 0 Å². The maximum atomic E-state index is 12.0. The highest BCUT2D eigenvalue weighted by Crippen LogP contribution is 2.19. The van der Waals surface area contributed by atoms with Crippen molar-refractivity contribution in [1.29, 1.82) is 0 Å². The average Bonchev–Trinajstić information content (AvgIpc) is 2.56. The molecule has 27 heavy (non-hydrogen) atoms. The first-order valence-electron chi connectivity index (χ1n) is 8.69. The van der Waals surface area contributed by atoms with Crippen LogP contribution >= 0.6 is 0 Å². The highest BCUT2D eigenvalue weighted by Gasteiger charge is 2.13. The summed E-state index contributed by atoms with van der Waals surface area (Å²) in [5.74, 6) is -0.0497. The standard InChI is InChI=1S/C19H25N3O4S/c1-14(2)21-27(25,26)13-17-8-6-16(7-9-17)11-20-12-18-5-4-15(3)19(10-18)22(23)24/h4-10,14,20-21H,11-13H2,1-3H3. The van der Waals surface area contributed by atoms with E-state index in [4.69, 9.17) is 0 Å². The van der Waals surface area contributed by atoms with Crippen LogP contribution in [-0.4, -0.2) is 19.4 Å². The fourth-order valence-electron chi connectivity index (χ4n) is 2.69. The Labute approximate surface area is 160 Å². The SMILES string of the molecule is Cc1ccc(CNCc2ccc(CS(=O)(=O)NC(C)C)cc2)cc1[N+](=O)[O-]. The molecular weight excluding hydrogens is 366 g/mol. The number of aryl methyl sites for hydroxylation is 1. The molecule has 7 nitrogen and oxygen atoms in total. The first-order valence-corrected chi connectivity index (χ1v) is 10.3. The summed E-state index contributed by atoms with van der Waals surface area (Å²) in [6.07, 6.45) is 0. The summed E-state index contributed by atoms with van der Waals surface area (Å²) in [6.45, 7) is 6.38. The van der Waals surface area contributed by atoms with Gasteiger partial charge in [-0.1, -0.05) is 36.4 Å². The molecule has 0 unspecified atom stereocenters. The van der Waals surface area contributed by atoms with E-state index in [1.54, 1.807) is 45.0 Å². The number of nitro groups is 1. The minimum absolute atomic E-state index is 0.0497. The third-order valence-corrected chi connectivity index (χ3v) is 5.47. The summed E-state index contributed by atoms with van der Waals surface area (Å²) in [5, 5.41) is 14.2. The minimum atomic E-state index is -3.34. The van der Waals surface area contributed by atoms with Gasteiger partial charge in [0.15, 0.2) is 0 Å². The smallest absolute Gasteiger partial charge is 0.272 e. The predicted molar refractivity (Wildman–Crippen MR) is 106 cm³/mol. The fraction of sp³-hybridized carbons (Fsp3) is 0.368. The van der Waals surface area contributed by atoms with E-state index in [-0.39, 0.29) is 22.4 Å². The lowest BCUT2D eigenvalue weighted by Gasteiger charge is -2.10. The molecule has 0 bridgehead atoms. The molecule has 2 rings (SSSR count). The van der Waals surface area contributed by atoms with Gasteiger partial charge in [0.2, 0.25) is 10.0 Å². The molecule has 2 aromatic rings. The number of hydrogen-bond acceptors (Lipinski definition) is 5. The molecule has 0 aromatic heterocycles. The van der Waals surface area contributed by atoms with Gasteiger partial charge in [0.25, 0.3) is 5.69 Å². The van der Waals surface area contributed by atoms with Crippen LogP contribution in [0.15, 0.2) is 42.5 Å². The summed E-state index contributed by atoms with van der Waals surface area (Å²) in [6, 6.07) is 12.4. The normalized spacial score (nSPS) is 11.7. The van der Waals surface area contributed by atoms with Gasteiger partial charge in [-0.25, -0.2) is 13.1 Å². The molecule has 0 radical (unpaired) electrons. The molecule has 0 aliphatic heterocycles. The van der Waals surface area contributed by atoms with Crippen LogP contribution in [-0.2, 0) is 28.9 Å². The molecule has 0 fully saturated rings. The molecule has 2 aromatic carbocycles. The Morgan fingerprint density at radius 3 is 2.15 bits per heavy atom. The van der Waals surface area contributed by atoms with Crippen molar-refractivity contribution in [1.82, 2.24) is 10.0 Å². The molecular formula is C19H25N3O4S. The Balaban J connectivity index is 1.90. The molecule has 0 spiro atoms. The Kier molecular flexibility index (Phi) is 7.06. The van der Waals surface area contributed by atoms with Crippen LogP contribution < -0.4 is 10.0 Å². The molecule has 8 heteroatoms. The van der Waals surface area contributed by atoms with E-state index >= 15 is 0 Å². The van der Waals surface area contributed by atoms with Gasteiger partial charge in [-0.15, -0.1) is 0 Å². The Morgan fingerprint density at radius 1 is 1.00 bits per heavy atom. The first-order chi connectivity index (χ1) is 12.7. The molecule has 0 amide bonds. The molecule has 0 aliphatic carbocycles. The van der Waals surface area contributed by atoms with Crippen LogP contribution in [0.25, 0.3) is 0 Å². The summed E-state index contributed by atoms with van der Waals surface area (Å²) < 4.78 is 26.5. The van der Waals surface area contributed by atoms with Crippen LogP contribution in [0.5, 0.6) is 0 Å². The van der Waals surface area contributed by atoms with E-state index in [2.05, 4.69) is 10.0 Å². The Bertz CT molecular complexity index is 894. The second-order valence-electron chi connectivity index (χ2n) is 6.83. The van der Waals surface area contributed by atoms with E-state index in [0.717, 1.165) is 16.7 Å². The average molecular weight is 391 g/mol. The maximum absolute atomic E-state index is 12.0. The maximum Gasteiger partial charge on any atom is 0.272 e. The lowest BCUT2D eigenvalue weighted by Crippen LogP contribution is -2.31. The fourth-order valence-corrected chi connectivity index (χ4v) is 4.12. The van der Waals surface area contributed by atoms with E-state index in [1.807, 2.05) is 18.2 Å². The molecule has 0 aliphatic rings. The summed E-state index contributed by atoms with van der Waals surface area (Å²) in [5.41, 5.74) is 3.33. The number of hydrogen-bond donors (Lipinski definition) is 2. The third kappa shape index (κ3) is 6.74. The van der Waals surface area contributed by atoms with Crippen molar-refractivity contribution >= 4 is 15.7 Å². The summed E-state index contributed by atoms with van der Waals surface area (Å²) in [4.78, 5) is 10.6. The van der Waals surface area contributed by atoms with Crippen LogP contribution in [0.4, 0.5) is 5.69 Å². The van der Waals surface area contributed by atoms with Crippen molar-refractivity contribution in [2.45, 2.75) is 45.7 Å². The summed E-state index contributed by atoms with van der Waals surface area (Å²) >= 11 is 0. The van der Waals surface area contributed by atoms with Gasteiger partial charge in [0.05, 0.1) is 10.7 Å². The van der Waals surface area contributed by atoms with Gasteiger partial charge >= 0.3 is 0 Å². The van der Waals surface area contributed by atoms with Crippen LogP contribution in [0.2, 0.25) is 0 Å². The quantitative estimate of drug-likeness (QED) is 0.505. The highest BCUT2D eigenvalue weighted by atomic mass is 32.2. The number of nitrogens with zero attached hydrogens (tertiary/aromatic N) is 1. The van der Waals surface area contributed by atoms with Crippen LogP contribution in [0.3, 0.4) is 0 Å². The minimum Gasteiger partial charge on any atom is -0.309 e. The van der Waals surface area contributed by atoms with Crippen molar-refractivity contribution in [2.75, 3.05) is 0 Å². The molecule has 2 N–H and O–H groups in total. The van der Waals surface area contributed by atoms with Crippen molar-refractivity contribution in [3.8, 4) is 0 Å². The van der Waals surface area contributed by atoms with Crippen molar-refractivity contribution < 1.29 is 13.3 Å². The number of benzene rings is 2. The lowest BCUT2D eigenvalue weighted by atomic mass is 10.1. The monoisotopic (exact) mass is 391 g/mol. The molecule has 0 heterocycles. The van der Waals surface area contributed by atoms with Gasteiger partial charge in [0.1, 0.15) is 0 Å². The zero-order valence-electron chi connectivity index (χ0n) is 15.7. The second kappa shape index (κ2) is 9.07. The van der Waals surface area contributed by atoms with Gasteiger partial charge in [-0.05, 0) is 37.5 Å². The topological polar surface area (TPSA) is 101 Å². The van der Waals surface area contributed by atoms with Crippen molar-refractivity contribution in [3.05, 3.63) is 74.8 Å². The number of rotatable bonds is 9. The highest BCUT2D eigenvalue weighted by molar-refractivity contribution is 7.88. The number of sulfonamides is 1. The second-order valence-corrected chi connectivity index (χ2v) is 8.58. The molecule has 146 valence electrons. The van der Waals surface area contributed by atoms with Gasteiger partial charge in [-0.3, -0.25) is 10.1 Å². The molecule has 0 atom stereocenters. The molecule has 0 saturated carbocycles. The lowest BCUT2D eigenvalue weighted by molar-refractivity contribution is -0.385. The van der Waals surface area contributed by atoms with E-state index in [0.29, 0.717) is 18.7 Å². The predicted octanol–water partition coefficient (Wildman–Crippen LogP) is 3.02. The zero-order chi connectivity index (χ0) is 20.0. The third-order valence-electron chi connectivity index (χ3n) is 3.92. The van der Waals surface area contributed by atoms with Crippen LogP contribution in [0, 0.1) is 17.0 Å². The van der Waals surface area contributed by atoms with E-state index in [9.17, 15) is 18.5 Å². The number of nitrogens with one attached hydrogen (secondary N) is 2. The van der Waals surface area contributed by atoms with Gasteiger partial charge in [-0.2, -0.15) is 0 Å². The van der Waals surface area contributed by atoms with Crippen molar-refractivity contribution in [3.63, 3.8) is 0 Å². The largest absolute Gasteiger partial charge is 0.309 e. The van der Waals surface area contributed by atoms with Crippen molar-refractivity contribution in [2.24, 2.45) is 0 Å². The Morgan fingerprint density at radius 2 is 1.56 bits per heavy atom. The Hall–Kier alpha value is -2.29. The number of nitro benzene ring substituents is 1. The van der Waals surface area contributed by atoms with Gasteiger partial charge in [0, 0.05) is 30.8 Å². The van der Waals surface area contributed by atoms with Crippen LogP contribution in [0.1, 0.15) is 36.1 Å². The zero-order valence-corrected chi connectivity index (χ0v) is 16.5. The van der Waals surface area contributed by atoms with Gasteiger partial charge < -0.3 is 5.32 Å².